The minimum absolute atomic E-state index is 0.0673. The fourth-order valence-corrected chi connectivity index (χ4v) is 3.83. The maximum Gasteiger partial charge on any atom is 0.262 e. The van der Waals surface area contributed by atoms with Crippen molar-refractivity contribution in [2.75, 3.05) is 5.32 Å². The van der Waals surface area contributed by atoms with Gasteiger partial charge in [-0.05, 0) is 37.1 Å². The molecule has 6 heteroatoms. The van der Waals surface area contributed by atoms with E-state index in [1.165, 1.54) is 11.3 Å². The van der Waals surface area contributed by atoms with Crippen LogP contribution >= 0.6 is 27.3 Å². The van der Waals surface area contributed by atoms with Crippen LogP contribution in [0.4, 0.5) is 5.00 Å². The zero-order valence-electron chi connectivity index (χ0n) is 15.1. The molecule has 0 saturated heterocycles. The van der Waals surface area contributed by atoms with Gasteiger partial charge in [-0.2, -0.15) is 0 Å². The molecule has 0 aliphatic carbocycles. The van der Waals surface area contributed by atoms with Gasteiger partial charge in [-0.1, -0.05) is 54.9 Å². The maximum absolute atomic E-state index is 12.6. The predicted octanol–water partition coefficient (Wildman–Crippen LogP) is 5.29. The summed E-state index contributed by atoms with van der Waals surface area (Å²) in [6, 6.07) is 9.53. The zero-order chi connectivity index (χ0) is 18.8. The highest BCUT2D eigenvalue weighted by Crippen LogP contribution is 2.29. The van der Waals surface area contributed by atoms with Crippen molar-refractivity contribution in [3.05, 3.63) is 50.8 Å². The van der Waals surface area contributed by atoms with Crippen molar-refractivity contribution in [2.24, 2.45) is 5.41 Å². The van der Waals surface area contributed by atoms with Crippen molar-refractivity contribution in [1.82, 2.24) is 5.32 Å². The van der Waals surface area contributed by atoms with Crippen LogP contribution in [0.1, 0.15) is 54.5 Å². The largest absolute Gasteiger partial charge is 0.345 e. The minimum Gasteiger partial charge on any atom is -0.345 e. The molecule has 25 heavy (non-hydrogen) atoms. The van der Waals surface area contributed by atoms with Gasteiger partial charge in [0.05, 0.1) is 15.9 Å². The lowest BCUT2D eigenvalue weighted by molar-refractivity contribution is -0.123. The average molecular weight is 423 g/mol. The van der Waals surface area contributed by atoms with Gasteiger partial charge >= 0.3 is 0 Å². The van der Waals surface area contributed by atoms with Gasteiger partial charge in [-0.15, -0.1) is 11.3 Å². The van der Waals surface area contributed by atoms with E-state index in [4.69, 9.17) is 0 Å². The number of carbonyl (C=O) groups is 2. The summed E-state index contributed by atoms with van der Waals surface area (Å²) in [6.45, 7) is 9.39. The first-order valence-electron chi connectivity index (χ1n) is 8.06. The average Bonchev–Trinajstić information content (AvgIpc) is 2.87. The van der Waals surface area contributed by atoms with Gasteiger partial charge in [0.2, 0.25) is 5.91 Å². The van der Waals surface area contributed by atoms with Crippen molar-refractivity contribution < 1.29 is 9.59 Å². The number of rotatable bonds is 4. The van der Waals surface area contributed by atoms with Crippen molar-refractivity contribution in [2.45, 2.75) is 40.7 Å². The first kappa shape index (κ1) is 19.7. The van der Waals surface area contributed by atoms with Gasteiger partial charge in [0, 0.05) is 9.89 Å². The molecule has 0 fully saturated rings. The maximum atomic E-state index is 12.6. The summed E-state index contributed by atoms with van der Waals surface area (Å²) < 4.78 is 0.962. The smallest absolute Gasteiger partial charge is 0.262 e. The zero-order valence-corrected chi connectivity index (χ0v) is 17.5. The number of anilines is 1. The Kier molecular flexibility index (Phi) is 6.06. The number of benzene rings is 1. The second kappa shape index (κ2) is 7.70. The molecule has 0 aliphatic heterocycles. The van der Waals surface area contributed by atoms with Crippen LogP contribution in [0.5, 0.6) is 0 Å². The van der Waals surface area contributed by atoms with Crippen LogP contribution in [0.3, 0.4) is 0 Å². The topological polar surface area (TPSA) is 58.2 Å². The summed E-state index contributed by atoms with van der Waals surface area (Å²) in [5, 5.41) is 6.59. The quantitative estimate of drug-likeness (QED) is 0.702. The van der Waals surface area contributed by atoms with Crippen molar-refractivity contribution >= 4 is 44.1 Å². The lowest BCUT2D eigenvalue weighted by atomic mass is 9.96. The lowest BCUT2D eigenvalue weighted by Gasteiger charge is -2.16. The number of amides is 2. The second-order valence-corrected chi connectivity index (χ2v) is 8.95. The van der Waals surface area contributed by atoms with Gasteiger partial charge in [0.25, 0.3) is 5.91 Å². The Balaban J connectivity index is 2.12. The molecular weight excluding hydrogens is 400 g/mol. The molecule has 0 bridgehead atoms. The SMILES string of the molecule is Cc1cc(NC(=O)C(C)(C)C)sc1C(=O)N[C@H](C)c1ccccc1Br. The molecule has 0 saturated carbocycles. The highest BCUT2D eigenvalue weighted by Gasteiger charge is 2.23. The Morgan fingerprint density at radius 2 is 1.84 bits per heavy atom. The third-order valence-electron chi connectivity index (χ3n) is 3.76. The normalized spacial score (nSPS) is 12.6. The summed E-state index contributed by atoms with van der Waals surface area (Å²) in [6.07, 6.45) is 0. The molecule has 2 rings (SSSR count). The standard InChI is InChI=1S/C19H23BrN2O2S/c1-11-10-15(22-18(24)19(3,4)5)25-16(11)17(23)21-12(2)13-8-6-7-9-14(13)20/h6-10,12H,1-5H3,(H,21,23)(H,22,24)/t12-/m1/s1. The van der Waals surface area contributed by atoms with E-state index in [1.807, 2.05) is 65.0 Å². The third-order valence-corrected chi connectivity index (χ3v) is 5.63. The van der Waals surface area contributed by atoms with E-state index in [9.17, 15) is 9.59 Å². The van der Waals surface area contributed by atoms with Gasteiger partial charge in [0.15, 0.2) is 0 Å². The number of thiophene rings is 1. The van der Waals surface area contributed by atoms with Crippen LogP contribution in [-0.2, 0) is 4.79 Å². The van der Waals surface area contributed by atoms with Crippen molar-refractivity contribution in [3.8, 4) is 0 Å². The van der Waals surface area contributed by atoms with E-state index in [0.717, 1.165) is 15.6 Å². The number of carbonyl (C=O) groups excluding carboxylic acids is 2. The Hall–Kier alpha value is -1.66. The highest BCUT2D eigenvalue weighted by atomic mass is 79.9. The van der Waals surface area contributed by atoms with Crippen LogP contribution in [0, 0.1) is 12.3 Å². The lowest BCUT2D eigenvalue weighted by Crippen LogP contribution is -2.27. The third kappa shape index (κ3) is 4.92. The summed E-state index contributed by atoms with van der Waals surface area (Å²) in [5.74, 6) is -0.204. The van der Waals surface area contributed by atoms with E-state index in [2.05, 4.69) is 26.6 Å². The number of nitrogens with one attached hydrogen (secondary N) is 2. The second-order valence-electron chi connectivity index (χ2n) is 7.04. The van der Waals surface area contributed by atoms with E-state index in [-0.39, 0.29) is 17.9 Å². The molecule has 0 spiro atoms. The van der Waals surface area contributed by atoms with Crippen LogP contribution in [-0.4, -0.2) is 11.8 Å². The minimum atomic E-state index is -0.478. The van der Waals surface area contributed by atoms with Gasteiger partial charge in [0.1, 0.15) is 0 Å². The van der Waals surface area contributed by atoms with Crippen LogP contribution < -0.4 is 10.6 Å². The fraction of sp³-hybridized carbons (Fsp3) is 0.368. The van der Waals surface area contributed by atoms with Gasteiger partial charge in [-0.3, -0.25) is 9.59 Å². The molecule has 0 radical (unpaired) electrons. The van der Waals surface area contributed by atoms with Crippen molar-refractivity contribution in [1.29, 1.82) is 0 Å². The monoisotopic (exact) mass is 422 g/mol. The Labute approximate surface area is 161 Å². The Bertz CT molecular complexity index is 793. The summed E-state index contributed by atoms with van der Waals surface area (Å²) in [4.78, 5) is 25.4. The number of halogens is 1. The molecule has 134 valence electrons. The molecule has 4 nitrogen and oxygen atoms in total. The molecule has 0 aliphatic rings. The van der Waals surface area contributed by atoms with Crippen molar-refractivity contribution in [3.63, 3.8) is 0 Å². The summed E-state index contributed by atoms with van der Waals surface area (Å²) in [7, 11) is 0. The number of hydrogen-bond acceptors (Lipinski definition) is 3. The fourth-order valence-electron chi connectivity index (χ4n) is 2.23. The number of hydrogen-bond donors (Lipinski definition) is 2. The molecule has 1 atom stereocenters. The Morgan fingerprint density at radius 3 is 2.44 bits per heavy atom. The first-order chi connectivity index (χ1) is 11.6. The van der Waals surface area contributed by atoms with E-state index in [0.29, 0.717) is 9.88 Å². The molecule has 1 aromatic carbocycles. The van der Waals surface area contributed by atoms with E-state index >= 15 is 0 Å². The molecule has 2 amide bonds. The molecule has 2 N–H and O–H groups in total. The van der Waals surface area contributed by atoms with E-state index < -0.39 is 5.41 Å². The molecule has 1 heterocycles. The van der Waals surface area contributed by atoms with Gasteiger partial charge < -0.3 is 10.6 Å². The highest BCUT2D eigenvalue weighted by molar-refractivity contribution is 9.10. The summed E-state index contributed by atoms with van der Waals surface area (Å²) in [5.41, 5.74) is 1.39. The number of aryl methyl sites for hydroxylation is 1. The molecule has 1 aromatic heterocycles. The van der Waals surface area contributed by atoms with Gasteiger partial charge in [-0.25, -0.2) is 0 Å². The van der Waals surface area contributed by atoms with Crippen LogP contribution in [0.2, 0.25) is 0 Å². The first-order valence-corrected chi connectivity index (χ1v) is 9.67. The van der Waals surface area contributed by atoms with E-state index in [1.54, 1.807) is 0 Å². The van der Waals surface area contributed by atoms with Crippen LogP contribution in [0.25, 0.3) is 0 Å². The Morgan fingerprint density at radius 1 is 1.20 bits per heavy atom. The molecular formula is C19H23BrN2O2S. The van der Waals surface area contributed by atoms with Crippen LogP contribution in [0.15, 0.2) is 34.8 Å². The predicted molar refractivity (Wildman–Crippen MR) is 107 cm³/mol. The molecule has 2 aromatic rings. The summed E-state index contributed by atoms with van der Waals surface area (Å²) >= 11 is 4.81. The molecule has 0 unspecified atom stereocenters.